The molecular formula is C25H27FN2O3S2. The normalized spacial score (nSPS) is 12.5. The molecule has 0 heterocycles. The van der Waals surface area contributed by atoms with E-state index >= 15 is 0 Å². The van der Waals surface area contributed by atoms with Gasteiger partial charge in [-0.3, -0.25) is 4.79 Å². The van der Waals surface area contributed by atoms with E-state index in [2.05, 4.69) is 5.32 Å². The molecule has 8 heteroatoms. The van der Waals surface area contributed by atoms with Gasteiger partial charge in [0.15, 0.2) is 0 Å². The molecule has 1 unspecified atom stereocenters. The maximum Gasteiger partial charge on any atom is 0.243 e. The van der Waals surface area contributed by atoms with Crippen molar-refractivity contribution < 1.29 is 17.6 Å². The monoisotopic (exact) mass is 486 g/mol. The Morgan fingerprint density at radius 1 is 1.03 bits per heavy atom. The number of halogens is 1. The van der Waals surface area contributed by atoms with Gasteiger partial charge >= 0.3 is 0 Å². The first-order valence-corrected chi connectivity index (χ1v) is 13.1. The van der Waals surface area contributed by atoms with E-state index in [0.29, 0.717) is 0 Å². The highest BCUT2D eigenvalue weighted by atomic mass is 32.2. The van der Waals surface area contributed by atoms with E-state index in [1.54, 1.807) is 30.0 Å². The molecule has 0 spiro atoms. The zero-order valence-corrected chi connectivity index (χ0v) is 20.4. The van der Waals surface area contributed by atoms with Crippen molar-refractivity contribution in [2.45, 2.75) is 36.2 Å². The number of sulfonamides is 1. The summed E-state index contributed by atoms with van der Waals surface area (Å²) in [6, 6.07) is 19.8. The second kappa shape index (κ2) is 11.0. The molecular weight excluding hydrogens is 459 g/mol. The summed E-state index contributed by atoms with van der Waals surface area (Å²) in [6.45, 7) is 3.00. The lowest BCUT2D eigenvalue weighted by molar-refractivity contribution is -0.122. The van der Waals surface area contributed by atoms with E-state index in [4.69, 9.17) is 0 Å². The molecule has 1 N–H and O–H groups in total. The van der Waals surface area contributed by atoms with Crippen molar-refractivity contribution in [1.82, 2.24) is 9.62 Å². The number of nitrogens with one attached hydrogen (secondary N) is 1. The largest absolute Gasteiger partial charge is 0.348 e. The van der Waals surface area contributed by atoms with Crippen LogP contribution in [0.2, 0.25) is 0 Å². The molecule has 3 aromatic rings. The molecule has 1 amide bonds. The van der Waals surface area contributed by atoms with Crippen LogP contribution < -0.4 is 5.32 Å². The summed E-state index contributed by atoms with van der Waals surface area (Å²) in [5.41, 5.74) is 2.01. The molecule has 5 nitrogen and oxygen atoms in total. The van der Waals surface area contributed by atoms with Gasteiger partial charge in [0.25, 0.3) is 0 Å². The molecule has 0 radical (unpaired) electrons. The third-order valence-corrected chi connectivity index (χ3v) is 7.83. The minimum absolute atomic E-state index is 0.0537. The van der Waals surface area contributed by atoms with E-state index in [-0.39, 0.29) is 23.0 Å². The second-order valence-corrected chi connectivity index (χ2v) is 10.6. The number of benzene rings is 3. The highest BCUT2D eigenvalue weighted by Gasteiger charge is 2.28. The molecule has 174 valence electrons. The van der Waals surface area contributed by atoms with Crippen LogP contribution in [0, 0.1) is 12.7 Å². The molecule has 0 saturated carbocycles. The maximum atomic E-state index is 14.3. The summed E-state index contributed by atoms with van der Waals surface area (Å²) in [6.07, 6.45) is 1.98. The van der Waals surface area contributed by atoms with E-state index < -0.39 is 28.3 Å². The lowest BCUT2D eigenvalue weighted by atomic mass is 10.1. The first kappa shape index (κ1) is 25.0. The molecule has 0 aliphatic rings. The Hall–Kier alpha value is -2.68. The van der Waals surface area contributed by atoms with Crippen LogP contribution in [-0.4, -0.2) is 31.4 Å². The van der Waals surface area contributed by atoms with Crippen molar-refractivity contribution in [2.24, 2.45) is 0 Å². The van der Waals surface area contributed by atoms with Crippen LogP contribution in [0.5, 0.6) is 0 Å². The third kappa shape index (κ3) is 6.43. The lowest BCUT2D eigenvalue weighted by Gasteiger charge is -2.23. The van der Waals surface area contributed by atoms with Gasteiger partial charge in [0.05, 0.1) is 17.5 Å². The lowest BCUT2D eigenvalue weighted by Crippen LogP contribution is -2.41. The first-order valence-electron chi connectivity index (χ1n) is 10.4. The fourth-order valence-electron chi connectivity index (χ4n) is 3.33. The molecule has 0 bridgehead atoms. The zero-order valence-electron chi connectivity index (χ0n) is 18.8. The average Bonchev–Trinajstić information content (AvgIpc) is 2.80. The Bertz CT molecular complexity index is 1200. The van der Waals surface area contributed by atoms with E-state index in [1.807, 2.05) is 44.4 Å². The van der Waals surface area contributed by atoms with Crippen LogP contribution in [0.15, 0.2) is 82.6 Å². The second-order valence-electron chi connectivity index (χ2n) is 7.74. The van der Waals surface area contributed by atoms with E-state index in [9.17, 15) is 17.6 Å². The van der Waals surface area contributed by atoms with Gasteiger partial charge in [-0.2, -0.15) is 4.31 Å². The Labute approximate surface area is 199 Å². The molecule has 1 atom stereocenters. The number of amides is 1. The Balaban J connectivity index is 1.83. The maximum absolute atomic E-state index is 14.3. The predicted octanol–water partition coefficient (Wildman–Crippen LogP) is 4.92. The van der Waals surface area contributed by atoms with E-state index in [0.717, 1.165) is 20.3 Å². The summed E-state index contributed by atoms with van der Waals surface area (Å²) in [5, 5.41) is 2.85. The van der Waals surface area contributed by atoms with Crippen molar-refractivity contribution in [2.75, 3.05) is 12.8 Å². The van der Waals surface area contributed by atoms with Crippen LogP contribution in [0.25, 0.3) is 0 Å². The molecule has 0 aromatic heterocycles. The van der Waals surface area contributed by atoms with Crippen molar-refractivity contribution in [3.63, 3.8) is 0 Å². The number of hydrogen-bond acceptors (Lipinski definition) is 4. The summed E-state index contributed by atoms with van der Waals surface area (Å²) >= 11 is 1.62. The van der Waals surface area contributed by atoms with Crippen molar-refractivity contribution >= 4 is 27.7 Å². The minimum Gasteiger partial charge on any atom is -0.348 e. The number of carbonyl (C=O) groups excluding carboxylic acids is 1. The highest BCUT2D eigenvalue weighted by molar-refractivity contribution is 7.98. The molecule has 0 saturated heterocycles. The number of rotatable bonds is 9. The van der Waals surface area contributed by atoms with Gasteiger partial charge in [-0.1, -0.05) is 48.0 Å². The van der Waals surface area contributed by atoms with Gasteiger partial charge in [0.1, 0.15) is 5.82 Å². The van der Waals surface area contributed by atoms with Gasteiger partial charge in [0.2, 0.25) is 15.9 Å². The van der Waals surface area contributed by atoms with Crippen LogP contribution in [0.1, 0.15) is 29.7 Å². The van der Waals surface area contributed by atoms with Crippen LogP contribution in [-0.2, 0) is 21.4 Å². The van der Waals surface area contributed by atoms with Crippen molar-refractivity contribution in [3.8, 4) is 0 Å². The fraction of sp³-hybridized carbons (Fsp3) is 0.240. The fourth-order valence-corrected chi connectivity index (χ4v) is 5.11. The summed E-state index contributed by atoms with van der Waals surface area (Å²) in [7, 11) is -4.03. The summed E-state index contributed by atoms with van der Waals surface area (Å²) in [5.74, 6) is -0.993. The Morgan fingerprint density at radius 2 is 1.67 bits per heavy atom. The molecule has 0 aliphatic heterocycles. The van der Waals surface area contributed by atoms with Gasteiger partial charge in [-0.25, -0.2) is 12.8 Å². The average molecular weight is 487 g/mol. The Kier molecular flexibility index (Phi) is 8.29. The third-order valence-electron chi connectivity index (χ3n) is 5.28. The molecule has 0 aliphatic carbocycles. The van der Waals surface area contributed by atoms with Gasteiger partial charge < -0.3 is 5.32 Å². The summed E-state index contributed by atoms with van der Waals surface area (Å²) < 4.78 is 42.0. The van der Waals surface area contributed by atoms with Crippen molar-refractivity contribution in [1.29, 1.82) is 0 Å². The molecule has 3 aromatic carbocycles. The van der Waals surface area contributed by atoms with Gasteiger partial charge in [-0.15, -0.1) is 11.8 Å². The minimum atomic E-state index is -4.03. The van der Waals surface area contributed by atoms with E-state index in [1.165, 1.54) is 30.3 Å². The topological polar surface area (TPSA) is 66.5 Å². The first-order chi connectivity index (χ1) is 15.7. The van der Waals surface area contributed by atoms with Crippen LogP contribution in [0.4, 0.5) is 4.39 Å². The standard InChI is InChI=1S/C25H27FN2O3S2/c1-18-8-14-23(15-9-18)33(30,31)28(16-21-6-4-5-7-24(21)26)17-25(29)27-19(2)20-10-12-22(32-3)13-11-20/h4-15,19H,16-17H2,1-3H3,(H,27,29). The number of nitrogens with zero attached hydrogens (tertiary/aromatic N) is 1. The molecule has 0 fully saturated rings. The Morgan fingerprint density at radius 3 is 2.27 bits per heavy atom. The highest BCUT2D eigenvalue weighted by Crippen LogP contribution is 2.22. The number of hydrogen-bond donors (Lipinski definition) is 1. The van der Waals surface area contributed by atoms with Crippen LogP contribution >= 0.6 is 11.8 Å². The smallest absolute Gasteiger partial charge is 0.243 e. The summed E-state index contributed by atoms with van der Waals surface area (Å²) in [4.78, 5) is 14.0. The SMILES string of the molecule is CSc1ccc(C(C)NC(=O)CN(Cc2ccccc2F)S(=O)(=O)c2ccc(C)cc2)cc1. The van der Waals surface area contributed by atoms with Crippen LogP contribution in [0.3, 0.4) is 0 Å². The molecule has 33 heavy (non-hydrogen) atoms. The van der Waals surface area contributed by atoms with Gasteiger partial charge in [0, 0.05) is 17.0 Å². The predicted molar refractivity (Wildman–Crippen MR) is 130 cm³/mol. The number of thioether (sulfide) groups is 1. The number of aryl methyl sites for hydroxylation is 1. The van der Waals surface area contributed by atoms with Gasteiger partial charge in [-0.05, 0) is 56.0 Å². The molecule has 3 rings (SSSR count). The number of carbonyl (C=O) groups is 1. The quantitative estimate of drug-likeness (QED) is 0.436. The van der Waals surface area contributed by atoms with Crippen molar-refractivity contribution in [3.05, 3.63) is 95.3 Å². The zero-order chi connectivity index (χ0) is 24.0.